The van der Waals surface area contributed by atoms with Crippen molar-refractivity contribution in [3.8, 4) is 28.7 Å². The molecule has 3 rings (SSSR count). The van der Waals surface area contributed by atoms with Gasteiger partial charge in [0.05, 0.1) is 46.2 Å². The van der Waals surface area contributed by atoms with Crippen LogP contribution in [-0.4, -0.2) is 44.0 Å². The summed E-state index contributed by atoms with van der Waals surface area (Å²) in [5.74, 6) is 0.653. The molecular formula is C26H27FO7S. The number of methoxy groups -OCH3 is 5. The average molecular weight is 503 g/mol. The highest BCUT2D eigenvalue weighted by molar-refractivity contribution is 7.90. The van der Waals surface area contributed by atoms with E-state index in [4.69, 9.17) is 23.7 Å². The third-order valence-electron chi connectivity index (χ3n) is 5.35. The highest BCUT2D eigenvalue weighted by Gasteiger charge is 2.22. The molecule has 0 fully saturated rings. The Hall–Kier alpha value is -3.72. The average Bonchev–Trinajstić information content (AvgIpc) is 2.87. The largest absolute Gasteiger partial charge is 0.497 e. The Morgan fingerprint density at radius 3 is 1.86 bits per heavy atom. The third-order valence-corrected chi connectivity index (χ3v) is 7.01. The molecule has 0 saturated carbocycles. The van der Waals surface area contributed by atoms with Crippen molar-refractivity contribution in [2.45, 2.75) is 10.6 Å². The summed E-state index contributed by atoms with van der Waals surface area (Å²) in [7, 11) is 3.51. The first-order chi connectivity index (χ1) is 16.8. The quantitative estimate of drug-likeness (QED) is 0.361. The minimum Gasteiger partial charge on any atom is -0.497 e. The topological polar surface area (TPSA) is 80.3 Å². The number of sulfone groups is 1. The van der Waals surface area contributed by atoms with E-state index in [1.54, 1.807) is 36.4 Å². The molecule has 0 unspecified atom stereocenters. The Morgan fingerprint density at radius 2 is 1.34 bits per heavy atom. The molecule has 0 aromatic heterocycles. The molecule has 0 aliphatic rings. The van der Waals surface area contributed by atoms with E-state index >= 15 is 0 Å². The van der Waals surface area contributed by atoms with Crippen LogP contribution >= 0.6 is 0 Å². The second-order valence-corrected chi connectivity index (χ2v) is 9.36. The van der Waals surface area contributed by atoms with Gasteiger partial charge in [0.15, 0.2) is 32.9 Å². The van der Waals surface area contributed by atoms with Crippen molar-refractivity contribution in [1.29, 1.82) is 0 Å². The second-order valence-electron chi connectivity index (χ2n) is 7.38. The van der Waals surface area contributed by atoms with Crippen molar-refractivity contribution in [2.75, 3.05) is 35.5 Å². The minimum atomic E-state index is -3.82. The van der Waals surface area contributed by atoms with Crippen molar-refractivity contribution in [1.82, 2.24) is 0 Å². The molecule has 0 N–H and O–H groups in total. The molecule has 0 radical (unpaired) electrons. The molecule has 35 heavy (non-hydrogen) atoms. The Bertz CT molecular complexity index is 1290. The highest BCUT2D eigenvalue weighted by Crippen LogP contribution is 2.39. The molecule has 0 heterocycles. The van der Waals surface area contributed by atoms with Crippen molar-refractivity contribution in [3.63, 3.8) is 0 Å². The molecule has 0 aliphatic heterocycles. The van der Waals surface area contributed by atoms with Crippen LogP contribution in [0.15, 0.2) is 53.4 Å². The number of ether oxygens (including phenoxy) is 5. The van der Waals surface area contributed by atoms with Gasteiger partial charge in [0.25, 0.3) is 0 Å². The number of hydrogen-bond donors (Lipinski definition) is 0. The number of benzene rings is 3. The molecule has 0 spiro atoms. The standard InChI is InChI=1S/C26H27FO7S/c1-30-19-9-11-20(12-10-19)35(28,29)16-21-18(8-13-22(27)25(21)33-4)7-6-17-14-23(31-2)26(34-5)24(15-17)32-3/h6-15H,16H2,1-5H3/b7-6-. The lowest BCUT2D eigenvalue weighted by Crippen LogP contribution is -2.08. The van der Waals surface area contributed by atoms with Gasteiger partial charge in [-0.1, -0.05) is 18.2 Å². The van der Waals surface area contributed by atoms with Gasteiger partial charge >= 0.3 is 0 Å². The zero-order valence-corrected chi connectivity index (χ0v) is 20.9. The molecule has 3 aromatic rings. The summed E-state index contributed by atoms with van der Waals surface area (Å²) >= 11 is 0. The van der Waals surface area contributed by atoms with Gasteiger partial charge in [-0.05, 0) is 53.6 Å². The molecular weight excluding hydrogens is 475 g/mol. The molecule has 3 aromatic carbocycles. The minimum absolute atomic E-state index is 0.0872. The smallest absolute Gasteiger partial charge is 0.203 e. The Balaban J connectivity index is 2.05. The van der Waals surface area contributed by atoms with Crippen LogP contribution in [-0.2, 0) is 15.6 Å². The molecule has 0 saturated heterocycles. The highest BCUT2D eigenvalue weighted by atomic mass is 32.2. The second kappa shape index (κ2) is 11.1. The maximum atomic E-state index is 14.5. The molecule has 0 atom stereocenters. The summed E-state index contributed by atoms with van der Waals surface area (Å²) in [6.45, 7) is 0. The maximum absolute atomic E-state index is 14.5. The van der Waals surface area contributed by atoms with Gasteiger partial charge in [0.1, 0.15) is 5.75 Å². The van der Waals surface area contributed by atoms with E-state index in [1.165, 1.54) is 59.8 Å². The summed E-state index contributed by atoms with van der Waals surface area (Å²) in [4.78, 5) is 0.0872. The van der Waals surface area contributed by atoms with Crippen LogP contribution in [0, 0.1) is 5.82 Å². The van der Waals surface area contributed by atoms with Crippen LogP contribution in [0.25, 0.3) is 12.2 Å². The van der Waals surface area contributed by atoms with Gasteiger partial charge in [-0.2, -0.15) is 0 Å². The van der Waals surface area contributed by atoms with Gasteiger partial charge in [-0.3, -0.25) is 0 Å². The van der Waals surface area contributed by atoms with Crippen molar-refractivity contribution in [3.05, 3.63) is 71.0 Å². The molecule has 0 amide bonds. The van der Waals surface area contributed by atoms with Crippen molar-refractivity contribution < 1.29 is 36.5 Å². The first-order valence-electron chi connectivity index (χ1n) is 10.5. The lowest BCUT2D eigenvalue weighted by molar-refractivity contribution is 0.324. The Kier molecular flexibility index (Phi) is 8.24. The lowest BCUT2D eigenvalue weighted by Gasteiger charge is -2.14. The van der Waals surface area contributed by atoms with Gasteiger partial charge in [-0.15, -0.1) is 0 Å². The van der Waals surface area contributed by atoms with E-state index in [2.05, 4.69) is 0 Å². The normalized spacial score (nSPS) is 11.4. The fourth-order valence-electron chi connectivity index (χ4n) is 3.58. The van der Waals surface area contributed by atoms with E-state index in [-0.39, 0.29) is 16.2 Å². The van der Waals surface area contributed by atoms with Crippen LogP contribution in [0.2, 0.25) is 0 Å². The molecule has 0 aliphatic carbocycles. The van der Waals surface area contributed by atoms with Gasteiger partial charge in [0, 0.05) is 5.56 Å². The fraction of sp³-hybridized carbons (Fsp3) is 0.231. The summed E-state index contributed by atoms with van der Waals surface area (Å²) in [6, 6.07) is 12.2. The summed E-state index contributed by atoms with van der Waals surface area (Å²) in [6.07, 6.45) is 3.42. The van der Waals surface area contributed by atoms with Gasteiger partial charge < -0.3 is 23.7 Å². The molecule has 186 valence electrons. The van der Waals surface area contributed by atoms with E-state index in [9.17, 15) is 12.8 Å². The van der Waals surface area contributed by atoms with Crippen LogP contribution < -0.4 is 23.7 Å². The zero-order valence-electron chi connectivity index (χ0n) is 20.1. The summed E-state index contributed by atoms with van der Waals surface area (Å²) in [5.41, 5.74) is 1.38. The molecule has 0 bridgehead atoms. The van der Waals surface area contributed by atoms with Gasteiger partial charge in [-0.25, -0.2) is 12.8 Å². The van der Waals surface area contributed by atoms with Crippen LogP contribution in [0.5, 0.6) is 28.7 Å². The first-order valence-corrected chi connectivity index (χ1v) is 12.1. The zero-order chi connectivity index (χ0) is 25.6. The number of hydrogen-bond acceptors (Lipinski definition) is 7. The monoisotopic (exact) mass is 502 g/mol. The number of halogens is 1. The van der Waals surface area contributed by atoms with E-state index < -0.39 is 21.4 Å². The van der Waals surface area contributed by atoms with E-state index in [1.807, 2.05) is 0 Å². The molecule has 9 heteroatoms. The van der Waals surface area contributed by atoms with Crippen LogP contribution in [0.4, 0.5) is 4.39 Å². The number of rotatable bonds is 10. The lowest BCUT2D eigenvalue weighted by atomic mass is 10.0. The van der Waals surface area contributed by atoms with E-state index in [0.717, 1.165) is 0 Å². The van der Waals surface area contributed by atoms with Crippen molar-refractivity contribution in [2.24, 2.45) is 0 Å². The van der Waals surface area contributed by atoms with Crippen LogP contribution in [0.3, 0.4) is 0 Å². The summed E-state index contributed by atoms with van der Waals surface area (Å²) in [5, 5.41) is 0. The van der Waals surface area contributed by atoms with Crippen LogP contribution in [0.1, 0.15) is 16.7 Å². The van der Waals surface area contributed by atoms with Gasteiger partial charge in [0.2, 0.25) is 5.75 Å². The Labute approximate surface area is 204 Å². The summed E-state index contributed by atoms with van der Waals surface area (Å²) < 4.78 is 67.3. The van der Waals surface area contributed by atoms with E-state index in [0.29, 0.717) is 34.1 Å². The third kappa shape index (κ3) is 5.68. The first kappa shape index (κ1) is 25.9. The van der Waals surface area contributed by atoms with Crippen molar-refractivity contribution >= 4 is 22.0 Å². The predicted octanol–water partition coefficient (Wildman–Crippen LogP) is 5.01. The fourth-order valence-corrected chi connectivity index (χ4v) is 4.98. The SMILES string of the molecule is COc1ccc(S(=O)(=O)Cc2c(/C=C\c3cc(OC)c(OC)c(OC)c3)ccc(F)c2OC)cc1. The Morgan fingerprint density at radius 1 is 0.743 bits per heavy atom. The molecule has 7 nitrogen and oxygen atoms in total. The predicted molar refractivity (Wildman–Crippen MR) is 132 cm³/mol. The maximum Gasteiger partial charge on any atom is 0.203 e.